The lowest BCUT2D eigenvalue weighted by Crippen LogP contribution is -1.86. The quantitative estimate of drug-likeness (QED) is 0.405. The van der Waals surface area contributed by atoms with E-state index >= 15 is 0 Å². The summed E-state index contributed by atoms with van der Waals surface area (Å²) in [6.45, 7) is -0.212. The van der Waals surface area contributed by atoms with Gasteiger partial charge in [-0.2, -0.15) is 0 Å². The zero-order chi connectivity index (χ0) is 4.99. The molecule has 0 nitrogen and oxygen atoms in total. The highest BCUT2D eigenvalue weighted by molar-refractivity contribution is 6.08. The van der Waals surface area contributed by atoms with E-state index in [1.54, 1.807) is 0 Å². The molecule has 0 spiro atoms. The van der Waals surface area contributed by atoms with Crippen molar-refractivity contribution in [3.63, 3.8) is 0 Å². The van der Waals surface area contributed by atoms with Crippen molar-refractivity contribution in [1.29, 1.82) is 0 Å². The second kappa shape index (κ2) is 2.25. The molecule has 1 unspecified atom stereocenters. The molecule has 0 bridgehead atoms. The average molecular weight is 72.9 g/mol. The molecule has 2 radical (unpaired) electrons. The molecule has 0 aliphatic heterocycles. The van der Waals surface area contributed by atoms with E-state index in [0.717, 1.165) is 0 Å². The van der Waals surface area contributed by atoms with Gasteiger partial charge in [0.1, 0.15) is 0 Å². The topological polar surface area (TPSA) is 0 Å². The van der Waals surface area contributed by atoms with E-state index in [4.69, 9.17) is 9.22 Å². The Hall–Kier alpha value is -0.00506. The fraction of sp³-hybridized carbons (Fsp3) is 1.00. The van der Waals surface area contributed by atoms with Gasteiger partial charge in [0.2, 0.25) is 0 Å². The summed E-state index contributed by atoms with van der Waals surface area (Å²) >= 11 is 0. The van der Waals surface area contributed by atoms with Gasteiger partial charge >= 0.3 is 0 Å². The smallest absolute Gasteiger partial charge is 0.0897 e. The van der Waals surface area contributed by atoms with Gasteiger partial charge < -0.3 is 0 Å². The lowest BCUT2D eigenvalue weighted by Gasteiger charge is -1.86. The largest absolute Gasteiger partial charge is 0.249 e. The van der Waals surface area contributed by atoms with E-state index in [1.807, 2.05) is 0 Å². The van der Waals surface area contributed by atoms with Crippen LogP contribution in [-0.2, 0) is 0 Å². The van der Waals surface area contributed by atoms with Crippen molar-refractivity contribution < 1.29 is 5.76 Å². The van der Waals surface area contributed by atoms with Crippen LogP contribution in [0, 0.1) is 0 Å². The molecule has 0 aromatic heterocycles. The van der Waals surface area contributed by atoms with Gasteiger partial charge in [0.05, 0.1) is 14.0 Å². The van der Waals surface area contributed by atoms with Gasteiger partial charge in [-0.15, -0.1) is 0 Å². The maximum atomic E-state index is 11.5. The Bertz CT molecular complexity index is 30.0. The molecule has 0 amide bonds. The van der Waals surface area contributed by atoms with E-state index in [-0.39, 0.29) is 13.2 Å². The molecule has 2 heteroatoms. The van der Waals surface area contributed by atoms with Crippen LogP contribution in [0.15, 0.2) is 0 Å². The fourth-order valence-corrected chi connectivity index (χ4v) is 0. The van der Waals surface area contributed by atoms with E-state index in [9.17, 15) is 4.39 Å². The Morgan fingerprint density at radius 2 is 3.00 bits per heavy atom. The first-order valence-electron chi connectivity index (χ1n) is 2.15. The van der Waals surface area contributed by atoms with Gasteiger partial charge in [-0.05, 0) is 6.90 Å². The molecule has 0 saturated heterocycles. The van der Waals surface area contributed by atoms with E-state index in [0.29, 0.717) is 0 Å². The molecule has 0 aliphatic carbocycles. The van der Waals surface area contributed by atoms with Crippen molar-refractivity contribution in [3.8, 4) is 0 Å². The predicted octanol–water partition coefficient (Wildman–Crippen LogP) is 0.931. The SMILES string of the molecule is [2H]CC(F)C[B]. The van der Waals surface area contributed by atoms with Crippen LogP contribution in [0.5, 0.6) is 0 Å². The molecule has 28 valence electrons. The first-order valence-corrected chi connectivity index (χ1v) is 1.44. The second-order valence-corrected chi connectivity index (χ2v) is 0.833. The third-order valence-electron chi connectivity index (χ3n) is 0.256. The van der Waals surface area contributed by atoms with E-state index in [1.165, 1.54) is 0 Å². The van der Waals surface area contributed by atoms with Crippen molar-refractivity contribution in [2.45, 2.75) is 19.4 Å². The third kappa shape index (κ3) is 3.99. The Morgan fingerprint density at radius 3 is 3.00 bits per heavy atom. The normalized spacial score (nSPS) is 17.4. The van der Waals surface area contributed by atoms with Crippen molar-refractivity contribution >= 4 is 7.85 Å². The van der Waals surface area contributed by atoms with Crippen LogP contribution in [0.3, 0.4) is 0 Å². The molecular formula is C3H6BF. The Labute approximate surface area is 34.2 Å². The van der Waals surface area contributed by atoms with Gasteiger partial charge in [-0.3, -0.25) is 0 Å². The third-order valence-corrected chi connectivity index (χ3v) is 0.256. The molecule has 0 rings (SSSR count). The number of halogens is 1. The summed E-state index contributed by atoms with van der Waals surface area (Å²) in [5.41, 5.74) is 0. The summed E-state index contributed by atoms with van der Waals surface area (Å²) in [5.74, 6) is 0. The lowest BCUT2D eigenvalue weighted by atomic mass is 10.0. The minimum Gasteiger partial charge on any atom is -0.249 e. The number of hydrogen-bond acceptors (Lipinski definition) is 0. The Kier molecular flexibility index (Phi) is 1.43. The summed E-state index contributed by atoms with van der Waals surface area (Å²) in [6, 6.07) is 0. The maximum Gasteiger partial charge on any atom is 0.0897 e. The van der Waals surface area contributed by atoms with Crippen molar-refractivity contribution in [1.82, 2.24) is 0 Å². The zero-order valence-electron chi connectivity index (χ0n) is 3.95. The average Bonchev–Trinajstić information content (AvgIpc) is 1.65. The fourth-order valence-electron chi connectivity index (χ4n) is 0. The van der Waals surface area contributed by atoms with Crippen LogP contribution < -0.4 is 0 Å². The molecule has 1 atom stereocenters. The first kappa shape index (κ1) is 3.20. The van der Waals surface area contributed by atoms with Gasteiger partial charge in [-0.1, -0.05) is 6.32 Å². The number of rotatable bonds is 1. The van der Waals surface area contributed by atoms with Gasteiger partial charge in [0.25, 0.3) is 0 Å². The lowest BCUT2D eigenvalue weighted by molar-refractivity contribution is 0.392. The number of alkyl halides is 1. The molecule has 0 fully saturated rings. The van der Waals surface area contributed by atoms with Crippen LogP contribution in [-0.4, -0.2) is 14.0 Å². The van der Waals surface area contributed by atoms with Gasteiger partial charge in [0.15, 0.2) is 0 Å². The summed E-state index contributed by atoms with van der Waals surface area (Å²) in [6.07, 6.45) is -1.14. The summed E-state index contributed by atoms with van der Waals surface area (Å²) in [4.78, 5) is 0. The summed E-state index contributed by atoms with van der Waals surface area (Å²) < 4.78 is 17.9. The van der Waals surface area contributed by atoms with E-state index < -0.39 is 6.17 Å². The molecular weight excluding hydrogens is 65.8 g/mol. The van der Waals surface area contributed by atoms with Gasteiger partial charge in [0, 0.05) is 1.37 Å². The zero-order valence-corrected chi connectivity index (χ0v) is 2.95. The minimum atomic E-state index is -1.12. The predicted molar refractivity (Wildman–Crippen MR) is 21.1 cm³/mol. The highest BCUT2D eigenvalue weighted by Gasteiger charge is 1.85. The van der Waals surface area contributed by atoms with Crippen LogP contribution in [0.2, 0.25) is 6.32 Å². The molecule has 5 heavy (non-hydrogen) atoms. The molecule has 0 aromatic rings. The highest BCUT2D eigenvalue weighted by Crippen LogP contribution is 1.88. The Morgan fingerprint density at radius 1 is 2.40 bits per heavy atom. The molecule has 0 N–H and O–H groups in total. The van der Waals surface area contributed by atoms with Crippen LogP contribution >= 0.6 is 0 Å². The van der Waals surface area contributed by atoms with Gasteiger partial charge in [-0.25, -0.2) is 4.39 Å². The van der Waals surface area contributed by atoms with Crippen molar-refractivity contribution in [2.75, 3.05) is 0 Å². The highest BCUT2D eigenvalue weighted by atomic mass is 19.1. The first-order chi connectivity index (χ1) is 2.81. The summed E-state index contributed by atoms with van der Waals surface area (Å²) in [7, 11) is 4.79. The standard InChI is InChI=1S/C3H6BF/c1-3(5)2-4/h3H,2H2,1H3/i1D. The summed E-state index contributed by atoms with van der Waals surface area (Å²) in [5, 5.41) is 0. The van der Waals surface area contributed by atoms with Crippen LogP contribution in [0.25, 0.3) is 0 Å². The Balaban J connectivity index is 2.75. The van der Waals surface area contributed by atoms with Crippen LogP contribution in [0.1, 0.15) is 8.27 Å². The van der Waals surface area contributed by atoms with Crippen molar-refractivity contribution in [2.24, 2.45) is 0 Å². The molecule has 0 saturated carbocycles. The minimum absolute atomic E-state index is 0.0243. The maximum absolute atomic E-state index is 11.5. The molecule has 0 aromatic carbocycles. The number of hydrogen-bond donors (Lipinski definition) is 0. The van der Waals surface area contributed by atoms with Crippen LogP contribution in [0.4, 0.5) is 4.39 Å². The second-order valence-electron chi connectivity index (χ2n) is 0.833. The molecule has 0 heterocycles. The van der Waals surface area contributed by atoms with Crippen molar-refractivity contribution in [3.05, 3.63) is 0 Å². The van der Waals surface area contributed by atoms with E-state index in [2.05, 4.69) is 0 Å². The monoisotopic (exact) mass is 73.1 g/mol. The molecule has 0 aliphatic rings.